The Kier molecular flexibility index (Phi) is 2.58. The van der Waals surface area contributed by atoms with E-state index in [1.54, 1.807) is 0 Å². The first-order chi connectivity index (χ1) is 7.15. The fourth-order valence-corrected chi connectivity index (χ4v) is 2.14. The Bertz CT molecular complexity index is 504. The lowest BCUT2D eigenvalue weighted by Gasteiger charge is -2.02. The Labute approximate surface area is 93.1 Å². The number of hydrogen-bond acceptors (Lipinski definition) is 4. The first kappa shape index (κ1) is 10.3. The average Bonchev–Trinajstić information content (AvgIpc) is 2.51. The quantitative estimate of drug-likeness (QED) is 0.764. The minimum absolute atomic E-state index is 0.834. The van der Waals surface area contributed by atoms with E-state index in [4.69, 9.17) is 5.14 Å². The van der Waals surface area contributed by atoms with Gasteiger partial charge in [-0.25, -0.2) is 0 Å². The molecule has 5 heteroatoms. The number of hydrogen-bond donors (Lipinski definition) is 2. The van der Waals surface area contributed by atoms with Gasteiger partial charge in [-0.3, -0.25) is 14.5 Å². The fourth-order valence-electron chi connectivity index (χ4n) is 1.89. The van der Waals surface area contributed by atoms with E-state index >= 15 is 0 Å². The second-order valence-electron chi connectivity index (χ2n) is 3.62. The summed E-state index contributed by atoms with van der Waals surface area (Å²) in [4.78, 5) is 0. The number of rotatable bonds is 2. The highest BCUT2D eigenvalue weighted by atomic mass is 32.2. The van der Waals surface area contributed by atoms with Crippen LogP contribution in [-0.4, -0.2) is 9.78 Å². The van der Waals surface area contributed by atoms with Crippen molar-refractivity contribution < 1.29 is 0 Å². The third-order valence-electron chi connectivity index (χ3n) is 2.55. The zero-order valence-electron chi connectivity index (χ0n) is 9.03. The molecule has 0 aliphatic heterocycles. The second kappa shape index (κ2) is 3.75. The summed E-state index contributed by atoms with van der Waals surface area (Å²) < 4.78 is 4.89. The molecule has 15 heavy (non-hydrogen) atoms. The minimum atomic E-state index is 0.834. The number of nitrogens with one attached hydrogen (secondary N) is 1. The molecule has 0 unspecified atom stereocenters. The Balaban J connectivity index is 2.80. The SMILES string of the molecule is Cc1ccc(C)c2c1c(NSN)nn2C. The van der Waals surface area contributed by atoms with Gasteiger partial charge in [0.1, 0.15) is 0 Å². The number of nitrogens with two attached hydrogens (primary N) is 1. The molecule has 0 bridgehead atoms. The summed E-state index contributed by atoms with van der Waals surface area (Å²) in [6, 6.07) is 4.21. The number of anilines is 1. The molecule has 1 aromatic heterocycles. The van der Waals surface area contributed by atoms with Crippen LogP contribution >= 0.6 is 12.1 Å². The number of fused-ring (bicyclic) bond motifs is 1. The third-order valence-corrected chi connectivity index (χ3v) is 2.87. The predicted molar refractivity (Wildman–Crippen MR) is 65.6 cm³/mol. The molecular weight excluding hydrogens is 208 g/mol. The summed E-state index contributed by atoms with van der Waals surface area (Å²) in [7, 11) is 1.95. The van der Waals surface area contributed by atoms with Crippen LogP contribution in [0.3, 0.4) is 0 Å². The van der Waals surface area contributed by atoms with Crippen molar-refractivity contribution >= 4 is 28.9 Å². The minimum Gasteiger partial charge on any atom is -0.299 e. The normalized spacial score (nSPS) is 10.9. The Morgan fingerprint density at radius 1 is 1.33 bits per heavy atom. The van der Waals surface area contributed by atoms with Gasteiger partial charge >= 0.3 is 0 Å². The molecular formula is C10H14N4S. The van der Waals surface area contributed by atoms with Gasteiger partial charge in [-0.15, -0.1) is 0 Å². The van der Waals surface area contributed by atoms with Crippen LogP contribution in [0.1, 0.15) is 11.1 Å². The lowest BCUT2D eigenvalue weighted by molar-refractivity contribution is 0.800. The zero-order valence-corrected chi connectivity index (χ0v) is 9.85. The van der Waals surface area contributed by atoms with Crippen molar-refractivity contribution in [2.45, 2.75) is 13.8 Å². The molecule has 0 atom stereocenters. The molecule has 80 valence electrons. The van der Waals surface area contributed by atoms with Crippen LogP contribution < -0.4 is 9.86 Å². The molecule has 0 amide bonds. The van der Waals surface area contributed by atoms with Crippen LogP contribution in [-0.2, 0) is 7.05 Å². The molecule has 1 heterocycles. The molecule has 1 aromatic carbocycles. The van der Waals surface area contributed by atoms with E-state index in [1.165, 1.54) is 11.1 Å². The zero-order chi connectivity index (χ0) is 11.0. The van der Waals surface area contributed by atoms with Crippen molar-refractivity contribution in [3.05, 3.63) is 23.3 Å². The van der Waals surface area contributed by atoms with Gasteiger partial charge < -0.3 is 0 Å². The van der Waals surface area contributed by atoms with Crippen molar-refractivity contribution in [3.8, 4) is 0 Å². The highest BCUT2D eigenvalue weighted by Crippen LogP contribution is 2.29. The molecule has 2 aromatic rings. The summed E-state index contributed by atoms with van der Waals surface area (Å²) in [5.41, 5.74) is 3.59. The Hall–Kier alpha value is -1.20. The summed E-state index contributed by atoms with van der Waals surface area (Å²) in [6.07, 6.45) is 0. The van der Waals surface area contributed by atoms with Crippen molar-refractivity contribution in [2.24, 2.45) is 12.2 Å². The van der Waals surface area contributed by atoms with Crippen LogP contribution in [0.15, 0.2) is 12.1 Å². The lowest BCUT2D eigenvalue weighted by Crippen LogP contribution is -1.94. The summed E-state index contributed by atoms with van der Waals surface area (Å²) in [6.45, 7) is 4.17. The van der Waals surface area contributed by atoms with E-state index < -0.39 is 0 Å². The van der Waals surface area contributed by atoms with Gasteiger partial charge in [0.2, 0.25) is 0 Å². The number of benzene rings is 1. The monoisotopic (exact) mass is 222 g/mol. The van der Waals surface area contributed by atoms with Crippen LogP contribution in [0, 0.1) is 13.8 Å². The maximum Gasteiger partial charge on any atom is 0.167 e. The predicted octanol–water partition coefficient (Wildman–Crippen LogP) is 2.12. The van der Waals surface area contributed by atoms with E-state index in [9.17, 15) is 0 Å². The van der Waals surface area contributed by atoms with Gasteiger partial charge in [-0.1, -0.05) is 12.1 Å². The standard InChI is InChI=1S/C10H14N4S/c1-6-4-5-7(2)9-8(6)10(13-15-11)12-14(9)3/h4-5H,11H2,1-3H3,(H,12,13). The largest absolute Gasteiger partial charge is 0.299 e. The van der Waals surface area contributed by atoms with Crippen molar-refractivity contribution in [2.75, 3.05) is 4.72 Å². The van der Waals surface area contributed by atoms with Gasteiger partial charge in [0, 0.05) is 24.6 Å². The van der Waals surface area contributed by atoms with E-state index in [0.717, 1.165) is 28.9 Å². The number of aromatic nitrogens is 2. The van der Waals surface area contributed by atoms with Crippen LogP contribution in [0.5, 0.6) is 0 Å². The molecule has 3 N–H and O–H groups in total. The molecule has 0 fully saturated rings. The summed E-state index contributed by atoms with van der Waals surface area (Å²) in [5.74, 6) is 0.834. The van der Waals surface area contributed by atoms with Crippen LogP contribution in [0.25, 0.3) is 10.9 Å². The summed E-state index contributed by atoms with van der Waals surface area (Å²) in [5, 5.41) is 11.0. The van der Waals surface area contributed by atoms with Crippen molar-refractivity contribution in [3.63, 3.8) is 0 Å². The smallest absolute Gasteiger partial charge is 0.167 e. The van der Waals surface area contributed by atoms with Gasteiger partial charge in [0.15, 0.2) is 5.82 Å². The van der Waals surface area contributed by atoms with Gasteiger partial charge in [0.25, 0.3) is 0 Å². The van der Waals surface area contributed by atoms with Gasteiger partial charge in [-0.05, 0) is 25.0 Å². The molecule has 0 spiro atoms. The first-order valence-electron chi connectivity index (χ1n) is 4.69. The van der Waals surface area contributed by atoms with E-state index in [-0.39, 0.29) is 0 Å². The Morgan fingerprint density at radius 3 is 2.67 bits per heavy atom. The van der Waals surface area contributed by atoms with E-state index in [1.807, 2.05) is 11.7 Å². The number of aryl methyl sites for hydroxylation is 3. The van der Waals surface area contributed by atoms with E-state index in [0.29, 0.717) is 0 Å². The highest BCUT2D eigenvalue weighted by molar-refractivity contribution is 7.98. The number of nitrogens with zero attached hydrogens (tertiary/aromatic N) is 2. The molecule has 0 radical (unpaired) electrons. The van der Waals surface area contributed by atoms with Crippen molar-refractivity contribution in [1.82, 2.24) is 9.78 Å². The van der Waals surface area contributed by atoms with Gasteiger partial charge in [-0.2, -0.15) is 5.10 Å². The molecule has 0 saturated carbocycles. The Morgan fingerprint density at radius 2 is 2.00 bits per heavy atom. The first-order valence-corrected chi connectivity index (χ1v) is 5.57. The average molecular weight is 222 g/mol. The maximum atomic E-state index is 5.41. The topological polar surface area (TPSA) is 55.9 Å². The molecule has 0 aliphatic carbocycles. The van der Waals surface area contributed by atoms with Gasteiger partial charge in [0.05, 0.1) is 5.52 Å². The summed E-state index contributed by atoms with van der Waals surface area (Å²) >= 11 is 1.07. The lowest BCUT2D eigenvalue weighted by atomic mass is 10.1. The molecule has 2 rings (SSSR count). The molecule has 0 saturated heterocycles. The maximum absolute atomic E-state index is 5.41. The van der Waals surface area contributed by atoms with E-state index in [2.05, 4.69) is 35.8 Å². The van der Waals surface area contributed by atoms with Crippen molar-refractivity contribution in [1.29, 1.82) is 0 Å². The fraction of sp³-hybridized carbons (Fsp3) is 0.300. The molecule has 4 nitrogen and oxygen atoms in total. The van der Waals surface area contributed by atoms with Crippen LogP contribution in [0.4, 0.5) is 5.82 Å². The second-order valence-corrected chi connectivity index (χ2v) is 4.05. The van der Waals surface area contributed by atoms with Crippen LogP contribution in [0.2, 0.25) is 0 Å². The third kappa shape index (κ3) is 1.57. The highest BCUT2D eigenvalue weighted by Gasteiger charge is 2.12. The molecule has 0 aliphatic rings.